The molecule has 2 N–H and O–H groups in total. The summed E-state index contributed by atoms with van der Waals surface area (Å²) in [7, 11) is 1.68. The predicted octanol–water partition coefficient (Wildman–Crippen LogP) is 5.46. The zero-order chi connectivity index (χ0) is 25.0. The molecule has 0 saturated carbocycles. The fourth-order valence-corrected chi connectivity index (χ4v) is 4.57. The second-order valence-electron chi connectivity index (χ2n) is 9.18. The number of ether oxygens (including phenoxy) is 1. The molecule has 0 aliphatic carbocycles. The van der Waals surface area contributed by atoms with E-state index in [0.29, 0.717) is 13.1 Å². The maximum absolute atomic E-state index is 11.5. The molecule has 0 saturated heterocycles. The van der Waals surface area contributed by atoms with Crippen LogP contribution in [0.25, 0.3) is 0 Å². The molecule has 0 fully saturated rings. The van der Waals surface area contributed by atoms with Crippen LogP contribution >= 0.6 is 0 Å². The summed E-state index contributed by atoms with van der Waals surface area (Å²) in [6.07, 6.45) is 0.214. The Morgan fingerprint density at radius 3 is 1.78 bits per heavy atom. The molecule has 4 rings (SSSR count). The molecular formula is C32H36N2O2. The largest absolute Gasteiger partial charge is 0.497 e. The van der Waals surface area contributed by atoms with Gasteiger partial charge in [-0.1, -0.05) is 103 Å². The van der Waals surface area contributed by atoms with Gasteiger partial charge in [-0.15, -0.1) is 0 Å². The molecule has 0 bridgehead atoms. The molecule has 186 valence electrons. The summed E-state index contributed by atoms with van der Waals surface area (Å²) < 4.78 is 5.35. The highest BCUT2D eigenvalue weighted by atomic mass is 16.5. The number of rotatable bonds is 13. The van der Waals surface area contributed by atoms with Crippen LogP contribution < -0.4 is 10.1 Å². The third-order valence-corrected chi connectivity index (χ3v) is 6.47. The summed E-state index contributed by atoms with van der Waals surface area (Å²) in [6.45, 7) is 2.69. The molecule has 2 atom stereocenters. The molecule has 0 unspecified atom stereocenters. The van der Waals surface area contributed by atoms with Crippen LogP contribution in [0.4, 0.5) is 0 Å². The molecule has 0 aliphatic heterocycles. The number of aliphatic hydroxyl groups excluding tert-OH is 1. The van der Waals surface area contributed by atoms with Crippen LogP contribution in [-0.2, 0) is 26.1 Å². The highest BCUT2D eigenvalue weighted by Crippen LogP contribution is 2.20. The maximum atomic E-state index is 11.5. The zero-order valence-corrected chi connectivity index (χ0v) is 21.0. The highest BCUT2D eigenvalue weighted by molar-refractivity contribution is 5.28. The van der Waals surface area contributed by atoms with E-state index >= 15 is 0 Å². The normalized spacial score (nSPS) is 12.9. The summed E-state index contributed by atoms with van der Waals surface area (Å²) in [6, 6.07) is 39.5. The third-order valence-electron chi connectivity index (χ3n) is 6.47. The van der Waals surface area contributed by atoms with Gasteiger partial charge in [0.2, 0.25) is 0 Å². The lowest BCUT2D eigenvalue weighted by Gasteiger charge is -2.35. The van der Waals surface area contributed by atoms with Crippen LogP contribution in [0.3, 0.4) is 0 Å². The Bertz CT molecular complexity index is 1110. The van der Waals surface area contributed by atoms with Crippen molar-refractivity contribution in [3.05, 3.63) is 138 Å². The van der Waals surface area contributed by atoms with Gasteiger partial charge in [-0.25, -0.2) is 0 Å². The monoisotopic (exact) mass is 480 g/mol. The van der Waals surface area contributed by atoms with E-state index in [-0.39, 0.29) is 6.04 Å². The first kappa shape index (κ1) is 25.6. The standard InChI is InChI=1S/C32H36N2O2/c1-36-30-19-11-18-29(20-30)22-33-23-32(35)31(21-26-12-5-2-6-13-26)34(24-27-14-7-3-8-15-27)25-28-16-9-4-10-17-28/h2-20,31-33,35H,21-25H2,1H3/t31-,32+/m0/s1. The van der Waals surface area contributed by atoms with E-state index in [1.165, 1.54) is 16.7 Å². The van der Waals surface area contributed by atoms with Gasteiger partial charge in [0.25, 0.3) is 0 Å². The lowest BCUT2D eigenvalue weighted by Crippen LogP contribution is -2.48. The summed E-state index contributed by atoms with van der Waals surface area (Å²) in [4.78, 5) is 2.41. The third kappa shape index (κ3) is 7.79. The first-order chi connectivity index (χ1) is 17.7. The molecule has 0 aromatic heterocycles. The van der Waals surface area contributed by atoms with Crippen LogP contribution in [0.1, 0.15) is 22.3 Å². The zero-order valence-electron chi connectivity index (χ0n) is 21.0. The van der Waals surface area contributed by atoms with Gasteiger partial charge in [-0.2, -0.15) is 0 Å². The minimum atomic E-state index is -0.553. The van der Waals surface area contributed by atoms with Crippen LogP contribution in [0.5, 0.6) is 5.75 Å². The second-order valence-corrected chi connectivity index (χ2v) is 9.18. The number of methoxy groups -OCH3 is 1. The molecule has 36 heavy (non-hydrogen) atoms. The fraction of sp³-hybridized carbons (Fsp3) is 0.250. The molecule has 4 heteroatoms. The highest BCUT2D eigenvalue weighted by Gasteiger charge is 2.27. The van der Waals surface area contributed by atoms with Crippen molar-refractivity contribution in [3.8, 4) is 5.75 Å². The molecular weight excluding hydrogens is 444 g/mol. The lowest BCUT2D eigenvalue weighted by atomic mass is 9.97. The molecule has 0 aliphatic rings. The first-order valence-corrected chi connectivity index (χ1v) is 12.6. The lowest BCUT2D eigenvalue weighted by molar-refractivity contribution is 0.0392. The van der Waals surface area contributed by atoms with Crippen molar-refractivity contribution < 1.29 is 9.84 Å². The molecule has 4 aromatic rings. The van der Waals surface area contributed by atoms with Gasteiger partial charge in [0.05, 0.1) is 13.2 Å². The number of nitrogens with zero attached hydrogens (tertiary/aromatic N) is 1. The topological polar surface area (TPSA) is 44.7 Å². The molecule has 0 amide bonds. The van der Waals surface area contributed by atoms with Gasteiger partial charge in [0, 0.05) is 32.2 Å². The van der Waals surface area contributed by atoms with Gasteiger partial charge >= 0.3 is 0 Å². The van der Waals surface area contributed by atoms with Crippen molar-refractivity contribution in [2.75, 3.05) is 13.7 Å². The van der Waals surface area contributed by atoms with Crippen LogP contribution in [0.15, 0.2) is 115 Å². The van der Waals surface area contributed by atoms with Gasteiger partial charge in [0.1, 0.15) is 5.75 Å². The summed E-state index contributed by atoms with van der Waals surface area (Å²) in [5.41, 5.74) is 4.83. The van der Waals surface area contributed by atoms with Crippen molar-refractivity contribution >= 4 is 0 Å². The predicted molar refractivity (Wildman–Crippen MR) is 147 cm³/mol. The second kappa shape index (κ2) is 13.6. The SMILES string of the molecule is COc1cccc(CNC[C@@H](O)[C@H](Cc2ccccc2)N(Cc2ccccc2)Cc2ccccc2)c1. The Morgan fingerprint density at radius 2 is 1.22 bits per heavy atom. The number of hydrogen-bond acceptors (Lipinski definition) is 4. The quantitative estimate of drug-likeness (QED) is 0.267. The van der Waals surface area contributed by atoms with E-state index in [0.717, 1.165) is 30.8 Å². The molecule has 0 spiro atoms. The Morgan fingerprint density at radius 1 is 0.694 bits per heavy atom. The number of nitrogens with one attached hydrogen (secondary N) is 1. The van der Waals surface area contributed by atoms with Crippen molar-refractivity contribution in [3.63, 3.8) is 0 Å². The van der Waals surface area contributed by atoms with Crippen LogP contribution in [0.2, 0.25) is 0 Å². The van der Waals surface area contributed by atoms with Crippen molar-refractivity contribution in [1.82, 2.24) is 10.2 Å². The molecule has 0 radical (unpaired) electrons. The van der Waals surface area contributed by atoms with E-state index in [1.807, 2.05) is 36.4 Å². The summed E-state index contributed by atoms with van der Waals surface area (Å²) in [5.74, 6) is 0.841. The molecule has 4 aromatic carbocycles. The van der Waals surface area contributed by atoms with Gasteiger partial charge < -0.3 is 15.2 Å². The summed E-state index contributed by atoms with van der Waals surface area (Å²) in [5, 5.41) is 15.0. The number of aliphatic hydroxyl groups is 1. The van der Waals surface area contributed by atoms with E-state index < -0.39 is 6.10 Å². The maximum Gasteiger partial charge on any atom is 0.119 e. The van der Waals surface area contributed by atoms with Gasteiger partial charge in [-0.3, -0.25) is 4.90 Å². The van der Waals surface area contributed by atoms with Gasteiger partial charge in [-0.05, 0) is 40.8 Å². The minimum absolute atomic E-state index is 0.0642. The average molecular weight is 481 g/mol. The van der Waals surface area contributed by atoms with E-state index in [1.54, 1.807) is 7.11 Å². The summed E-state index contributed by atoms with van der Waals surface area (Å²) >= 11 is 0. The van der Waals surface area contributed by atoms with E-state index in [2.05, 4.69) is 89.1 Å². The smallest absolute Gasteiger partial charge is 0.119 e. The Labute approximate surface area is 215 Å². The van der Waals surface area contributed by atoms with Crippen molar-refractivity contribution in [1.29, 1.82) is 0 Å². The first-order valence-electron chi connectivity index (χ1n) is 12.6. The van der Waals surface area contributed by atoms with E-state index in [4.69, 9.17) is 4.74 Å². The minimum Gasteiger partial charge on any atom is -0.497 e. The fourth-order valence-electron chi connectivity index (χ4n) is 4.57. The van der Waals surface area contributed by atoms with E-state index in [9.17, 15) is 5.11 Å². The molecule has 4 nitrogen and oxygen atoms in total. The van der Waals surface area contributed by atoms with Crippen molar-refractivity contribution in [2.45, 2.75) is 38.2 Å². The number of benzene rings is 4. The van der Waals surface area contributed by atoms with Crippen LogP contribution in [0, 0.1) is 0 Å². The van der Waals surface area contributed by atoms with Crippen LogP contribution in [-0.4, -0.2) is 35.8 Å². The number of hydrogen-bond donors (Lipinski definition) is 2. The Hall–Kier alpha value is -3.44. The van der Waals surface area contributed by atoms with Crippen molar-refractivity contribution in [2.24, 2.45) is 0 Å². The Kier molecular flexibility index (Phi) is 9.69. The average Bonchev–Trinajstić information content (AvgIpc) is 2.93. The Balaban J connectivity index is 1.54. The van der Waals surface area contributed by atoms with Gasteiger partial charge in [0.15, 0.2) is 0 Å². The molecule has 0 heterocycles.